The summed E-state index contributed by atoms with van der Waals surface area (Å²) in [6.07, 6.45) is 0. The summed E-state index contributed by atoms with van der Waals surface area (Å²) in [5.74, 6) is -1.34. The predicted octanol–water partition coefficient (Wildman–Crippen LogP) is 1.57. The SMILES string of the molecule is O=C(CNC(=O)c1ccccc1)NNC(=S)Nc1ccccc1F. The van der Waals surface area contributed by atoms with Gasteiger partial charge in [-0.2, -0.15) is 0 Å². The van der Waals surface area contributed by atoms with Crippen LogP contribution in [0.5, 0.6) is 0 Å². The topological polar surface area (TPSA) is 82.3 Å². The maximum absolute atomic E-state index is 13.4. The molecule has 0 aliphatic rings. The molecule has 2 rings (SSSR count). The van der Waals surface area contributed by atoms with Crippen LogP contribution in [0, 0.1) is 5.82 Å². The maximum atomic E-state index is 13.4. The number of hydrogen-bond donors (Lipinski definition) is 4. The van der Waals surface area contributed by atoms with Crippen molar-refractivity contribution in [3.8, 4) is 0 Å². The summed E-state index contributed by atoms with van der Waals surface area (Å²) in [5.41, 5.74) is 5.36. The maximum Gasteiger partial charge on any atom is 0.257 e. The number of carbonyl (C=O) groups excluding carboxylic acids is 2. The van der Waals surface area contributed by atoms with Crippen LogP contribution < -0.4 is 21.5 Å². The van der Waals surface area contributed by atoms with Crippen LogP contribution in [0.2, 0.25) is 0 Å². The van der Waals surface area contributed by atoms with Crippen molar-refractivity contribution in [2.75, 3.05) is 11.9 Å². The van der Waals surface area contributed by atoms with Gasteiger partial charge in [0.05, 0.1) is 12.2 Å². The van der Waals surface area contributed by atoms with Crippen LogP contribution >= 0.6 is 12.2 Å². The standard InChI is InChI=1S/C16H15FN4O2S/c17-12-8-4-5-9-13(12)19-16(24)21-20-14(22)10-18-15(23)11-6-2-1-3-7-11/h1-9H,10H2,(H,18,23)(H,20,22)(H2,19,21,24). The minimum Gasteiger partial charge on any atom is -0.343 e. The number of thiocarbonyl (C=S) groups is 1. The van der Waals surface area contributed by atoms with Crippen molar-refractivity contribution in [2.45, 2.75) is 0 Å². The second-order valence-corrected chi connectivity index (χ2v) is 5.06. The molecule has 0 saturated heterocycles. The monoisotopic (exact) mass is 346 g/mol. The number of halogens is 1. The van der Waals surface area contributed by atoms with Crippen LogP contribution in [0.4, 0.5) is 10.1 Å². The highest BCUT2D eigenvalue weighted by molar-refractivity contribution is 7.80. The highest BCUT2D eigenvalue weighted by atomic mass is 32.1. The van der Waals surface area contributed by atoms with Crippen molar-refractivity contribution in [1.82, 2.24) is 16.2 Å². The predicted molar refractivity (Wildman–Crippen MR) is 92.7 cm³/mol. The van der Waals surface area contributed by atoms with Crippen molar-refractivity contribution in [3.05, 3.63) is 66.0 Å². The van der Waals surface area contributed by atoms with E-state index < -0.39 is 11.7 Å². The lowest BCUT2D eigenvalue weighted by atomic mass is 10.2. The van der Waals surface area contributed by atoms with Crippen LogP contribution in [0.1, 0.15) is 10.4 Å². The van der Waals surface area contributed by atoms with Gasteiger partial charge in [-0.15, -0.1) is 0 Å². The second-order valence-electron chi connectivity index (χ2n) is 4.66. The van der Waals surface area contributed by atoms with Crippen molar-refractivity contribution < 1.29 is 14.0 Å². The molecule has 0 aromatic heterocycles. The average molecular weight is 346 g/mol. The second kappa shape index (κ2) is 8.59. The number of rotatable bonds is 4. The number of amides is 2. The van der Waals surface area contributed by atoms with E-state index in [4.69, 9.17) is 12.2 Å². The Kier molecular flexibility index (Phi) is 6.21. The summed E-state index contributed by atoms with van der Waals surface area (Å²) >= 11 is 4.94. The van der Waals surface area contributed by atoms with Gasteiger partial charge in [0.15, 0.2) is 5.11 Å². The molecule has 8 heteroatoms. The minimum absolute atomic E-state index is 0.0165. The van der Waals surface area contributed by atoms with E-state index in [2.05, 4.69) is 21.5 Å². The number of benzene rings is 2. The molecule has 0 atom stereocenters. The Morgan fingerprint density at radius 2 is 1.62 bits per heavy atom. The van der Waals surface area contributed by atoms with Gasteiger partial charge in [0.1, 0.15) is 5.82 Å². The number of para-hydroxylation sites is 1. The van der Waals surface area contributed by atoms with Gasteiger partial charge in [0.25, 0.3) is 11.8 Å². The van der Waals surface area contributed by atoms with Gasteiger partial charge in [-0.3, -0.25) is 20.4 Å². The molecule has 2 aromatic carbocycles. The molecule has 24 heavy (non-hydrogen) atoms. The van der Waals surface area contributed by atoms with E-state index in [0.29, 0.717) is 5.56 Å². The van der Waals surface area contributed by atoms with Crippen LogP contribution in [-0.4, -0.2) is 23.5 Å². The van der Waals surface area contributed by atoms with Crippen molar-refractivity contribution >= 4 is 34.8 Å². The molecule has 0 saturated carbocycles. The number of hydrazine groups is 1. The third-order valence-electron chi connectivity index (χ3n) is 2.88. The van der Waals surface area contributed by atoms with Crippen molar-refractivity contribution in [1.29, 1.82) is 0 Å². The van der Waals surface area contributed by atoms with E-state index in [1.54, 1.807) is 42.5 Å². The Balaban J connectivity index is 1.72. The lowest BCUT2D eigenvalue weighted by Gasteiger charge is -2.12. The zero-order valence-electron chi connectivity index (χ0n) is 12.5. The highest BCUT2D eigenvalue weighted by Gasteiger charge is 2.08. The Bertz CT molecular complexity index is 740. The van der Waals surface area contributed by atoms with Gasteiger partial charge in [-0.1, -0.05) is 30.3 Å². The molecule has 0 heterocycles. The lowest BCUT2D eigenvalue weighted by molar-refractivity contribution is -0.120. The largest absolute Gasteiger partial charge is 0.343 e. The third-order valence-corrected chi connectivity index (χ3v) is 3.09. The Hall–Kier alpha value is -3.00. The molecule has 0 unspecified atom stereocenters. The molecular weight excluding hydrogens is 331 g/mol. The third kappa shape index (κ3) is 5.33. The summed E-state index contributed by atoms with van der Waals surface area (Å²) in [6.45, 7) is -0.233. The molecule has 0 aliphatic heterocycles. The number of carbonyl (C=O) groups is 2. The van der Waals surface area contributed by atoms with E-state index >= 15 is 0 Å². The smallest absolute Gasteiger partial charge is 0.257 e. The van der Waals surface area contributed by atoms with E-state index in [0.717, 1.165) is 0 Å². The molecule has 0 bridgehead atoms. The average Bonchev–Trinajstić information content (AvgIpc) is 2.60. The van der Waals surface area contributed by atoms with E-state index in [1.807, 2.05) is 0 Å². The quantitative estimate of drug-likeness (QED) is 0.499. The zero-order valence-corrected chi connectivity index (χ0v) is 13.3. The first-order chi connectivity index (χ1) is 11.6. The van der Waals surface area contributed by atoms with Crippen molar-refractivity contribution in [2.24, 2.45) is 0 Å². The molecule has 0 aliphatic carbocycles. The molecule has 124 valence electrons. The van der Waals surface area contributed by atoms with E-state index in [9.17, 15) is 14.0 Å². The highest BCUT2D eigenvalue weighted by Crippen LogP contribution is 2.11. The minimum atomic E-state index is -0.503. The Labute approximate surface area is 143 Å². The van der Waals surface area contributed by atoms with Crippen LogP contribution in [0.25, 0.3) is 0 Å². The van der Waals surface area contributed by atoms with E-state index in [-0.39, 0.29) is 23.3 Å². The first-order valence-electron chi connectivity index (χ1n) is 7.00. The van der Waals surface area contributed by atoms with Crippen LogP contribution in [0.3, 0.4) is 0 Å². The van der Waals surface area contributed by atoms with E-state index in [1.165, 1.54) is 12.1 Å². The first kappa shape index (κ1) is 17.4. The molecule has 0 spiro atoms. The zero-order chi connectivity index (χ0) is 17.4. The molecular formula is C16H15FN4O2S. The van der Waals surface area contributed by atoms with Gasteiger partial charge in [-0.25, -0.2) is 4.39 Å². The van der Waals surface area contributed by atoms with Gasteiger partial charge in [0.2, 0.25) is 0 Å². The molecule has 0 fully saturated rings. The Morgan fingerprint density at radius 1 is 0.958 bits per heavy atom. The normalized spacial score (nSPS) is 9.71. The summed E-state index contributed by atoms with van der Waals surface area (Å²) in [5, 5.41) is 5.08. The van der Waals surface area contributed by atoms with Gasteiger partial charge < -0.3 is 10.6 Å². The van der Waals surface area contributed by atoms with Gasteiger partial charge in [0, 0.05) is 5.56 Å². The summed E-state index contributed by atoms with van der Waals surface area (Å²) in [7, 11) is 0. The molecule has 0 radical (unpaired) electrons. The lowest BCUT2D eigenvalue weighted by Crippen LogP contribution is -2.47. The van der Waals surface area contributed by atoms with Crippen molar-refractivity contribution in [3.63, 3.8) is 0 Å². The number of nitrogens with one attached hydrogen (secondary N) is 4. The number of anilines is 1. The summed E-state index contributed by atoms with van der Waals surface area (Å²) in [4.78, 5) is 23.4. The molecule has 6 nitrogen and oxygen atoms in total. The molecule has 4 N–H and O–H groups in total. The fourth-order valence-electron chi connectivity index (χ4n) is 1.74. The Morgan fingerprint density at radius 3 is 2.33 bits per heavy atom. The molecule has 2 aromatic rings. The first-order valence-corrected chi connectivity index (χ1v) is 7.40. The molecule has 2 amide bonds. The van der Waals surface area contributed by atoms with Gasteiger partial charge >= 0.3 is 0 Å². The summed E-state index contributed by atoms with van der Waals surface area (Å²) < 4.78 is 13.4. The summed E-state index contributed by atoms with van der Waals surface area (Å²) in [6, 6.07) is 14.5. The van der Waals surface area contributed by atoms with Crippen LogP contribution in [0.15, 0.2) is 54.6 Å². The van der Waals surface area contributed by atoms with Crippen LogP contribution in [-0.2, 0) is 4.79 Å². The number of hydrogen-bond acceptors (Lipinski definition) is 3. The van der Waals surface area contributed by atoms with Gasteiger partial charge in [-0.05, 0) is 36.5 Å². The fraction of sp³-hybridized carbons (Fsp3) is 0.0625. The fourth-order valence-corrected chi connectivity index (χ4v) is 1.90.